The SMILES string of the molecule is CCc1ccc(C(CSCC(C)CC)NC)cc1. The van der Waals surface area contributed by atoms with E-state index >= 15 is 0 Å². The Morgan fingerprint density at radius 2 is 1.78 bits per heavy atom. The minimum atomic E-state index is 0.477. The summed E-state index contributed by atoms with van der Waals surface area (Å²) < 4.78 is 0. The molecule has 2 atom stereocenters. The smallest absolute Gasteiger partial charge is 0.0409 e. The summed E-state index contributed by atoms with van der Waals surface area (Å²) in [5.74, 6) is 3.25. The molecule has 2 unspecified atom stereocenters. The van der Waals surface area contributed by atoms with Crippen molar-refractivity contribution in [3.63, 3.8) is 0 Å². The van der Waals surface area contributed by atoms with Crippen molar-refractivity contribution in [3.05, 3.63) is 35.4 Å². The zero-order chi connectivity index (χ0) is 13.4. The van der Waals surface area contributed by atoms with Crippen LogP contribution in [0.5, 0.6) is 0 Å². The lowest BCUT2D eigenvalue weighted by Gasteiger charge is -2.17. The highest BCUT2D eigenvalue weighted by Gasteiger charge is 2.09. The van der Waals surface area contributed by atoms with Crippen LogP contribution in [0.4, 0.5) is 0 Å². The molecule has 0 amide bonds. The van der Waals surface area contributed by atoms with Crippen LogP contribution >= 0.6 is 11.8 Å². The van der Waals surface area contributed by atoms with Crippen LogP contribution in [-0.2, 0) is 6.42 Å². The Labute approximate surface area is 117 Å². The molecule has 0 bridgehead atoms. The molecule has 0 saturated heterocycles. The van der Waals surface area contributed by atoms with Gasteiger partial charge in [0, 0.05) is 11.8 Å². The first-order valence-corrected chi connectivity index (χ1v) is 8.20. The fourth-order valence-corrected chi connectivity index (χ4v) is 3.21. The van der Waals surface area contributed by atoms with E-state index in [4.69, 9.17) is 0 Å². The van der Waals surface area contributed by atoms with Crippen LogP contribution < -0.4 is 5.32 Å². The van der Waals surface area contributed by atoms with Gasteiger partial charge in [-0.05, 0) is 36.3 Å². The maximum atomic E-state index is 3.43. The van der Waals surface area contributed by atoms with Crippen molar-refractivity contribution in [3.8, 4) is 0 Å². The van der Waals surface area contributed by atoms with Gasteiger partial charge in [-0.25, -0.2) is 0 Å². The zero-order valence-electron chi connectivity index (χ0n) is 12.2. The third kappa shape index (κ3) is 5.03. The molecule has 0 aromatic heterocycles. The Bertz CT molecular complexity index is 320. The average Bonchev–Trinajstić information content (AvgIpc) is 2.43. The summed E-state index contributed by atoms with van der Waals surface area (Å²) in [6.07, 6.45) is 2.40. The van der Waals surface area contributed by atoms with Crippen LogP contribution in [0.1, 0.15) is 44.4 Å². The fourth-order valence-electron chi connectivity index (χ4n) is 1.84. The van der Waals surface area contributed by atoms with Crippen LogP contribution in [0.15, 0.2) is 24.3 Å². The van der Waals surface area contributed by atoms with E-state index in [0.29, 0.717) is 6.04 Å². The molecule has 102 valence electrons. The Morgan fingerprint density at radius 1 is 1.11 bits per heavy atom. The largest absolute Gasteiger partial charge is 0.312 e. The summed E-state index contributed by atoms with van der Waals surface area (Å²) >= 11 is 2.06. The molecular formula is C16H27NS. The van der Waals surface area contributed by atoms with Gasteiger partial charge in [0.15, 0.2) is 0 Å². The third-order valence-electron chi connectivity index (χ3n) is 3.52. The van der Waals surface area contributed by atoms with Gasteiger partial charge in [0.05, 0.1) is 0 Å². The van der Waals surface area contributed by atoms with Gasteiger partial charge in [-0.3, -0.25) is 0 Å². The second kappa shape index (κ2) is 8.60. The van der Waals surface area contributed by atoms with Crippen LogP contribution in [0, 0.1) is 5.92 Å². The number of hydrogen-bond donors (Lipinski definition) is 1. The molecule has 1 N–H and O–H groups in total. The van der Waals surface area contributed by atoms with E-state index in [0.717, 1.165) is 18.1 Å². The lowest BCUT2D eigenvalue weighted by atomic mass is 10.1. The molecule has 1 aromatic carbocycles. The Morgan fingerprint density at radius 3 is 2.28 bits per heavy atom. The number of benzene rings is 1. The van der Waals surface area contributed by atoms with E-state index in [2.05, 4.69) is 69.2 Å². The monoisotopic (exact) mass is 265 g/mol. The molecule has 0 fully saturated rings. The van der Waals surface area contributed by atoms with Gasteiger partial charge >= 0.3 is 0 Å². The van der Waals surface area contributed by atoms with Crippen molar-refractivity contribution in [2.24, 2.45) is 5.92 Å². The number of rotatable bonds is 8. The maximum Gasteiger partial charge on any atom is 0.0409 e. The predicted octanol–water partition coefficient (Wildman–Crippen LogP) is 4.29. The fraction of sp³-hybridized carbons (Fsp3) is 0.625. The van der Waals surface area contributed by atoms with Crippen LogP contribution in [0.3, 0.4) is 0 Å². The van der Waals surface area contributed by atoms with E-state index in [9.17, 15) is 0 Å². The molecule has 1 aromatic rings. The maximum absolute atomic E-state index is 3.43. The van der Waals surface area contributed by atoms with E-state index in [1.165, 1.54) is 23.3 Å². The van der Waals surface area contributed by atoms with Crippen molar-refractivity contribution in [1.29, 1.82) is 0 Å². The lowest BCUT2D eigenvalue weighted by molar-refractivity contribution is 0.630. The molecule has 0 aliphatic carbocycles. The molecule has 0 aliphatic heterocycles. The van der Waals surface area contributed by atoms with Crippen molar-refractivity contribution in [2.75, 3.05) is 18.6 Å². The van der Waals surface area contributed by atoms with Gasteiger partial charge in [0.25, 0.3) is 0 Å². The van der Waals surface area contributed by atoms with E-state index < -0.39 is 0 Å². The van der Waals surface area contributed by atoms with E-state index in [1.54, 1.807) is 0 Å². The molecule has 0 aliphatic rings. The first-order valence-electron chi connectivity index (χ1n) is 7.05. The average molecular weight is 265 g/mol. The lowest BCUT2D eigenvalue weighted by Crippen LogP contribution is -2.19. The van der Waals surface area contributed by atoms with Crippen molar-refractivity contribution in [2.45, 2.75) is 39.7 Å². The highest BCUT2D eigenvalue weighted by Crippen LogP contribution is 2.21. The Hall–Kier alpha value is -0.470. The van der Waals surface area contributed by atoms with Crippen LogP contribution in [-0.4, -0.2) is 18.6 Å². The minimum absolute atomic E-state index is 0.477. The standard InChI is InChI=1S/C16H27NS/c1-5-13(3)11-18-12-16(17-4)15-9-7-14(6-2)8-10-15/h7-10,13,16-17H,5-6,11-12H2,1-4H3. The second-order valence-electron chi connectivity index (χ2n) is 4.99. The van der Waals surface area contributed by atoms with E-state index in [1.807, 2.05) is 0 Å². The summed E-state index contributed by atoms with van der Waals surface area (Å²) in [6, 6.07) is 9.51. The molecule has 18 heavy (non-hydrogen) atoms. The zero-order valence-corrected chi connectivity index (χ0v) is 13.0. The van der Waals surface area contributed by atoms with Gasteiger partial charge in [-0.1, -0.05) is 51.5 Å². The summed E-state index contributed by atoms with van der Waals surface area (Å²) in [4.78, 5) is 0. The Balaban J connectivity index is 2.49. The van der Waals surface area contributed by atoms with E-state index in [-0.39, 0.29) is 0 Å². The number of nitrogens with one attached hydrogen (secondary N) is 1. The summed E-state index contributed by atoms with van der Waals surface area (Å²) in [5, 5.41) is 3.43. The van der Waals surface area contributed by atoms with Crippen LogP contribution in [0.25, 0.3) is 0 Å². The van der Waals surface area contributed by atoms with Gasteiger partial charge in [0.1, 0.15) is 0 Å². The molecule has 1 rings (SSSR count). The third-order valence-corrected chi connectivity index (χ3v) is 4.90. The molecular weight excluding hydrogens is 238 g/mol. The highest BCUT2D eigenvalue weighted by atomic mass is 32.2. The molecule has 0 saturated carbocycles. The first kappa shape index (κ1) is 15.6. The predicted molar refractivity (Wildman–Crippen MR) is 84.4 cm³/mol. The molecule has 0 spiro atoms. The summed E-state index contributed by atoms with van der Waals surface area (Å²) in [5.41, 5.74) is 2.83. The number of hydrogen-bond acceptors (Lipinski definition) is 2. The molecule has 0 heterocycles. The molecule has 0 radical (unpaired) electrons. The van der Waals surface area contributed by atoms with Crippen molar-refractivity contribution < 1.29 is 0 Å². The second-order valence-corrected chi connectivity index (χ2v) is 6.06. The number of aryl methyl sites for hydroxylation is 1. The highest BCUT2D eigenvalue weighted by molar-refractivity contribution is 7.99. The molecule has 1 nitrogen and oxygen atoms in total. The topological polar surface area (TPSA) is 12.0 Å². The van der Waals surface area contributed by atoms with Crippen LogP contribution in [0.2, 0.25) is 0 Å². The normalized spacial score (nSPS) is 14.4. The minimum Gasteiger partial charge on any atom is -0.312 e. The van der Waals surface area contributed by atoms with Gasteiger partial charge in [-0.15, -0.1) is 0 Å². The summed E-state index contributed by atoms with van der Waals surface area (Å²) in [7, 11) is 2.06. The van der Waals surface area contributed by atoms with Gasteiger partial charge < -0.3 is 5.32 Å². The first-order chi connectivity index (χ1) is 8.71. The van der Waals surface area contributed by atoms with Gasteiger partial charge in [-0.2, -0.15) is 11.8 Å². The van der Waals surface area contributed by atoms with Crippen molar-refractivity contribution in [1.82, 2.24) is 5.32 Å². The summed E-state index contributed by atoms with van der Waals surface area (Å²) in [6.45, 7) is 6.80. The number of thioether (sulfide) groups is 1. The van der Waals surface area contributed by atoms with Gasteiger partial charge in [0.2, 0.25) is 0 Å². The Kier molecular flexibility index (Phi) is 7.45. The molecule has 2 heteroatoms. The quantitative estimate of drug-likeness (QED) is 0.752. The van der Waals surface area contributed by atoms with Crippen molar-refractivity contribution >= 4 is 11.8 Å².